The number of nitrogens with zero attached hydrogens (tertiary/aromatic N) is 2. The van der Waals surface area contributed by atoms with E-state index in [1.165, 1.54) is 30.5 Å². The van der Waals surface area contributed by atoms with E-state index < -0.39 is 10.0 Å². The van der Waals surface area contributed by atoms with Crippen LogP contribution in [0.3, 0.4) is 0 Å². The van der Waals surface area contributed by atoms with Crippen molar-refractivity contribution in [2.45, 2.75) is 11.4 Å². The smallest absolute Gasteiger partial charge is 0.253 e. The van der Waals surface area contributed by atoms with Gasteiger partial charge in [0.2, 0.25) is 10.0 Å². The summed E-state index contributed by atoms with van der Waals surface area (Å²) in [7, 11) is -3.67. The minimum atomic E-state index is -3.67. The highest BCUT2D eigenvalue weighted by Crippen LogP contribution is 2.13. The largest absolute Gasteiger partial charge is 0.364 e. The molecule has 25 heavy (non-hydrogen) atoms. The second-order valence-electron chi connectivity index (χ2n) is 5.38. The van der Waals surface area contributed by atoms with Gasteiger partial charge in [-0.1, -0.05) is 5.16 Å². The predicted molar refractivity (Wildman–Crippen MR) is 93.0 cm³/mol. The Hall–Kier alpha value is -1.94. The number of carbonyl (C=O) groups excluding carboxylic acids is 1. The Morgan fingerprint density at radius 1 is 1.20 bits per heavy atom. The zero-order valence-corrected chi connectivity index (χ0v) is 15.0. The van der Waals surface area contributed by atoms with Crippen molar-refractivity contribution >= 4 is 28.3 Å². The number of hydrogen-bond donors (Lipinski definition) is 2. The number of piperazine rings is 1. The van der Waals surface area contributed by atoms with Gasteiger partial charge in [-0.2, -0.15) is 0 Å². The molecule has 0 bridgehead atoms. The molecule has 1 saturated heterocycles. The van der Waals surface area contributed by atoms with Gasteiger partial charge in [-0.15, -0.1) is 12.4 Å². The molecule has 3 rings (SSSR count). The summed E-state index contributed by atoms with van der Waals surface area (Å²) < 4.78 is 31.6. The van der Waals surface area contributed by atoms with E-state index in [-0.39, 0.29) is 29.8 Å². The average Bonchev–Trinajstić information content (AvgIpc) is 3.14. The van der Waals surface area contributed by atoms with E-state index in [0.717, 1.165) is 13.1 Å². The van der Waals surface area contributed by atoms with Crippen LogP contribution in [0.2, 0.25) is 0 Å². The molecule has 0 aliphatic carbocycles. The number of benzene rings is 1. The first-order valence-corrected chi connectivity index (χ1v) is 9.03. The summed E-state index contributed by atoms with van der Waals surface area (Å²) in [5, 5.41) is 6.83. The van der Waals surface area contributed by atoms with Gasteiger partial charge in [0.15, 0.2) is 0 Å². The molecule has 8 nitrogen and oxygen atoms in total. The highest BCUT2D eigenvalue weighted by Gasteiger charge is 2.19. The summed E-state index contributed by atoms with van der Waals surface area (Å²) in [6.07, 6.45) is 1.38. The lowest BCUT2D eigenvalue weighted by Gasteiger charge is -2.27. The molecule has 0 atom stereocenters. The van der Waals surface area contributed by atoms with Gasteiger partial charge in [-0.3, -0.25) is 4.79 Å². The van der Waals surface area contributed by atoms with Crippen LogP contribution >= 0.6 is 12.4 Å². The third-order valence-corrected chi connectivity index (χ3v) is 5.17. The molecule has 1 aromatic carbocycles. The number of nitrogens with one attached hydrogen (secondary N) is 2. The molecule has 0 spiro atoms. The first-order chi connectivity index (χ1) is 11.6. The van der Waals surface area contributed by atoms with Crippen LogP contribution in [0.4, 0.5) is 0 Å². The Morgan fingerprint density at radius 3 is 2.48 bits per heavy atom. The van der Waals surface area contributed by atoms with Crippen LogP contribution in [0.5, 0.6) is 0 Å². The zero-order chi connectivity index (χ0) is 17.0. The van der Waals surface area contributed by atoms with E-state index >= 15 is 0 Å². The maximum atomic E-state index is 12.4. The molecule has 1 aromatic heterocycles. The standard InChI is InChI=1S/C15H18N4O4S.ClH/c20-15(19-8-6-16-7-9-19)12-1-3-14(4-2-12)24(21,22)17-11-13-5-10-23-18-13;/h1-5,10,16-17H,6-9,11H2;1H. The van der Waals surface area contributed by atoms with E-state index in [0.29, 0.717) is 24.3 Å². The first kappa shape index (κ1) is 19.4. The molecular formula is C15H19ClN4O4S. The van der Waals surface area contributed by atoms with Crippen molar-refractivity contribution in [1.82, 2.24) is 20.1 Å². The Kier molecular flexibility index (Phi) is 6.54. The summed E-state index contributed by atoms with van der Waals surface area (Å²) in [5.74, 6) is -0.0870. The lowest BCUT2D eigenvalue weighted by atomic mass is 10.2. The van der Waals surface area contributed by atoms with Crippen molar-refractivity contribution in [3.05, 3.63) is 47.9 Å². The number of sulfonamides is 1. The fourth-order valence-electron chi connectivity index (χ4n) is 2.41. The van der Waals surface area contributed by atoms with Gasteiger partial charge >= 0.3 is 0 Å². The summed E-state index contributed by atoms with van der Waals surface area (Å²) in [6, 6.07) is 7.52. The second-order valence-corrected chi connectivity index (χ2v) is 7.15. The van der Waals surface area contributed by atoms with Crippen LogP contribution in [0.15, 0.2) is 46.0 Å². The molecule has 136 valence electrons. The normalized spacial score (nSPS) is 14.8. The van der Waals surface area contributed by atoms with Gasteiger partial charge in [0, 0.05) is 37.8 Å². The fraction of sp³-hybridized carbons (Fsp3) is 0.333. The lowest BCUT2D eigenvalue weighted by molar-refractivity contribution is 0.0735. The van der Waals surface area contributed by atoms with Crippen LogP contribution in [0, 0.1) is 0 Å². The number of hydrogen-bond acceptors (Lipinski definition) is 6. The van der Waals surface area contributed by atoms with Crippen LogP contribution < -0.4 is 10.0 Å². The van der Waals surface area contributed by atoms with Crippen molar-refractivity contribution in [2.75, 3.05) is 26.2 Å². The molecule has 0 radical (unpaired) electrons. The molecule has 2 aromatic rings. The second kappa shape index (κ2) is 8.43. The van der Waals surface area contributed by atoms with Crippen molar-refractivity contribution < 1.29 is 17.7 Å². The summed E-state index contributed by atoms with van der Waals surface area (Å²) in [5.41, 5.74) is 0.969. The first-order valence-electron chi connectivity index (χ1n) is 7.55. The molecule has 0 saturated carbocycles. The highest BCUT2D eigenvalue weighted by molar-refractivity contribution is 7.89. The van der Waals surface area contributed by atoms with Gasteiger partial charge in [-0.25, -0.2) is 13.1 Å². The van der Waals surface area contributed by atoms with Crippen molar-refractivity contribution in [2.24, 2.45) is 0 Å². The van der Waals surface area contributed by atoms with E-state index in [2.05, 4.69) is 19.7 Å². The van der Waals surface area contributed by atoms with E-state index in [9.17, 15) is 13.2 Å². The Labute approximate surface area is 152 Å². The number of rotatable bonds is 5. The average molecular weight is 387 g/mol. The number of aromatic nitrogens is 1. The van der Waals surface area contributed by atoms with E-state index in [1.54, 1.807) is 11.0 Å². The zero-order valence-electron chi connectivity index (χ0n) is 13.3. The molecule has 10 heteroatoms. The maximum Gasteiger partial charge on any atom is 0.253 e. The maximum absolute atomic E-state index is 12.4. The Balaban J connectivity index is 0.00000225. The van der Waals surface area contributed by atoms with Crippen molar-refractivity contribution in [3.63, 3.8) is 0 Å². The van der Waals surface area contributed by atoms with Crippen LogP contribution in [0.25, 0.3) is 0 Å². The van der Waals surface area contributed by atoms with Crippen LogP contribution in [-0.4, -0.2) is 50.6 Å². The van der Waals surface area contributed by atoms with E-state index in [4.69, 9.17) is 0 Å². The molecule has 1 amide bonds. The lowest BCUT2D eigenvalue weighted by Crippen LogP contribution is -2.46. The molecule has 1 aliphatic heterocycles. The molecular weight excluding hydrogens is 368 g/mol. The molecule has 1 aliphatic rings. The van der Waals surface area contributed by atoms with Crippen molar-refractivity contribution in [1.29, 1.82) is 0 Å². The highest BCUT2D eigenvalue weighted by atomic mass is 35.5. The summed E-state index contributed by atoms with van der Waals surface area (Å²) in [4.78, 5) is 14.2. The van der Waals surface area contributed by atoms with Crippen LogP contribution in [0.1, 0.15) is 16.1 Å². The topological polar surface area (TPSA) is 105 Å². The summed E-state index contributed by atoms with van der Waals surface area (Å²) in [6.45, 7) is 2.88. The quantitative estimate of drug-likeness (QED) is 0.780. The number of amides is 1. The minimum absolute atomic E-state index is 0. The van der Waals surface area contributed by atoms with Gasteiger partial charge in [0.1, 0.15) is 6.26 Å². The Morgan fingerprint density at radius 2 is 1.88 bits per heavy atom. The van der Waals surface area contributed by atoms with Gasteiger partial charge in [-0.05, 0) is 24.3 Å². The minimum Gasteiger partial charge on any atom is -0.364 e. The third-order valence-electron chi connectivity index (χ3n) is 3.75. The molecule has 0 unspecified atom stereocenters. The van der Waals surface area contributed by atoms with Crippen LogP contribution in [-0.2, 0) is 16.6 Å². The van der Waals surface area contributed by atoms with Gasteiger partial charge in [0.05, 0.1) is 17.1 Å². The third kappa shape index (κ3) is 4.79. The summed E-state index contributed by atoms with van der Waals surface area (Å²) >= 11 is 0. The Bertz CT molecular complexity index is 787. The van der Waals surface area contributed by atoms with Gasteiger partial charge in [0.25, 0.3) is 5.91 Å². The van der Waals surface area contributed by atoms with Gasteiger partial charge < -0.3 is 14.7 Å². The number of halogens is 1. The molecule has 1 fully saturated rings. The molecule has 2 N–H and O–H groups in total. The number of carbonyl (C=O) groups is 1. The molecule has 2 heterocycles. The van der Waals surface area contributed by atoms with E-state index in [1.807, 2.05) is 0 Å². The SMILES string of the molecule is Cl.O=C(c1ccc(S(=O)(=O)NCc2ccon2)cc1)N1CCNCC1. The predicted octanol–water partition coefficient (Wildman–Crippen LogP) is 0.620. The van der Waals surface area contributed by atoms with Crippen molar-refractivity contribution in [3.8, 4) is 0 Å². The monoisotopic (exact) mass is 386 g/mol. The fourth-order valence-corrected chi connectivity index (χ4v) is 3.41.